The number of ketones is 1. The zero-order valence-electron chi connectivity index (χ0n) is 19.6. The van der Waals surface area contributed by atoms with Crippen LogP contribution in [0.3, 0.4) is 0 Å². The Labute approximate surface area is 199 Å². The molecule has 1 aromatic carbocycles. The van der Waals surface area contributed by atoms with E-state index in [4.69, 9.17) is 4.74 Å². The fourth-order valence-electron chi connectivity index (χ4n) is 8.21. The second-order valence-corrected chi connectivity index (χ2v) is 11.6. The van der Waals surface area contributed by atoms with Gasteiger partial charge in [0.05, 0.1) is 18.5 Å². The predicted molar refractivity (Wildman–Crippen MR) is 123 cm³/mol. The number of phenols is 1. The zero-order valence-corrected chi connectivity index (χ0v) is 19.6. The van der Waals surface area contributed by atoms with E-state index < -0.39 is 17.1 Å². The summed E-state index contributed by atoms with van der Waals surface area (Å²) in [5, 5.41) is 28.8. The lowest BCUT2D eigenvalue weighted by molar-refractivity contribution is -0.920. The van der Waals surface area contributed by atoms with Gasteiger partial charge in [0, 0.05) is 43.8 Å². The lowest BCUT2D eigenvalue weighted by atomic mass is 9.47. The van der Waals surface area contributed by atoms with Crippen LogP contribution in [0.2, 0.25) is 0 Å². The number of rotatable bonds is 3. The van der Waals surface area contributed by atoms with E-state index in [1.807, 2.05) is 11.0 Å². The van der Waals surface area contributed by atoms with Gasteiger partial charge in [0.2, 0.25) is 0 Å². The number of urea groups is 1. The van der Waals surface area contributed by atoms with Crippen molar-refractivity contribution in [1.29, 1.82) is 0 Å². The molecular formula is C26H33N3O5. The quantitative estimate of drug-likeness (QED) is 0.526. The minimum absolute atomic E-state index is 0.0122. The number of Topliss-reactive ketones (excluding diaryl/α,β-unsaturated/α-hetero) is 1. The van der Waals surface area contributed by atoms with Crippen molar-refractivity contribution in [2.45, 2.75) is 80.9 Å². The first kappa shape index (κ1) is 21.0. The number of aromatic hydroxyl groups is 1. The third-order valence-corrected chi connectivity index (χ3v) is 9.88. The molecule has 3 aliphatic heterocycles. The second-order valence-electron chi connectivity index (χ2n) is 11.6. The molecule has 5 atom stereocenters. The summed E-state index contributed by atoms with van der Waals surface area (Å²) in [4.78, 5) is 28.9. The number of carbonyl (C=O) groups is 2. The monoisotopic (exact) mass is 467 g/mol. The lowest BCUT2D eigenvalue weighted by Crippen LogP contribution is -2.85. The molecule has 2 bridgehead atoms. The van der Waals surface area contributed by atoms with Crippen LogP contribution in [0.1, 0.15) is 62.5 Å². The number of carbonyl (C=O) groups excluding carboxylic acids is 2. The first-order valence-electron chi connectivity index (χ1n) is 13.1. The summed E-state index contributed by atoms with van der Waals surface area (Å²) in [6.07, 6.45) is 6.30. The maximum absolute atomic E-state index is 14.6. The average molecular weight is 468 g/mol. The molecule has 0 radical (unpaired) electrons. The predicted octanol–water partition coefficient (Wildman–Crippen LogP) is 2.74. The number of hydrogen-bond donors (Lipinski definition) is 2. The number of benzene rings is 1. The van der Waals surface area contributed by atoms with E-state index in [2.05, 4.69) is 5.32 Å². The molecule has 8 heteroatoms. The summed E-state index contributed by atoms with van der Waals surface area (Å²) in [7, 11) is 0. The number of nitrogens with zero attached hydrogens (tertiary/aromatic N) is 2. The van der Waals surface area contributed by atoms with E-state index >= 15 is 0 Å². The van der Waals surface area contributed by atoms with Crippen LogP contribution in [0.25, 0.3) is 0 Å². The summed E-state index contributed by atoms with van der Waals surface area (Å²) in [6.45, 7) is 2.45. The van der Waals surface area contributed by atoms with E-state index in [0.29, 0.717) is 44.0 Å². The molecule has 2 amide bonds. The van der Waals surface area contributed by atoms with Gasteiger partial charge in [0.15, 0.2) is 23.4 Å². The van der Waals surface area contributed by atoms with Gasteiger partial charge in [-0.3, -0.25) is 4.79 Å². The average Bonchev–Trinajstić information content (AvgIpc) is 3.56. The van der Waals surface area contributed by atoms with Gasteiger partial charge >= 0.3 is 6.03 Å². The third-order valence-electron chi connectivity index (χ3n) is 9.88. The highest BCUT2D eigenvalue weighted by atomic mass is 16.6. The van der Waals surface area contributed by atoms with Gasteiger partial charge in [-0.15, -0.1) is 0 Å². The SMILES string of the molecule is O=C1CCC2(NC(=O)N3CCCCC3)[C@H]3Cc4ccc(O)c5c4[C@@]2(CC[N+]3([O-])CC2CC2)C1O5. The molecule has 4 fully saturated rings. The maximum Gasteiger partial charge on any atom is 0.318 e. The number of hydrogen-bond acceptors (Lipinski definition) is 5. The maximum atomic E-state index is 14.6. The molecule has 34 heavy (non-hydrogen) atoms. The Morgan fingerprint density at radius 2 is 2.03 bits per heavy atom. The van der Waals surface area contributed by atoms with Crippen molar-refractivity contribution in [2.24, 2.45) is 5.92 Å². The smallest absolute Gasteiger partial charge is 0.318 e. The fraction of sp³-hybridized carbons (Fsp3) is 0.692. The molecule has 6 aliphatic rings. The number of piperidine rings is 2. The molecular weight excluding hydrogens is 434 g/mol. The van der Waals surface area contributed by atoms with Crippen LogP contribution in [-0.4, -0.2) is 70.3 Å². The van der Waals surface area contributed by atoms with Crippen LogP contribution in [0, 0.1) is 11.1 Å². The van der Waals surface area contributed by atoms with Crippen molar-refractivity contribution < 1.29 is 24.1 Å². The van der Waals surface area contributed by atoms with Crippen LogP contribution in [0.4, 0.5) is 4.79 Å². The number of phenolic OH excluding ortho intramolecular Hbond substituents is 1. The van der Waals surface area contributed by atoms with E-state index in [1.54, 1.807) is 6.07 Å². The molecule has 3 unspecified atom stereocenters. The van der Waals surface area contributed by atoms with E-state index in [1.165, 1.54) is 0 Å². The number of ether oxygens (including phenoxy) is 1. The molecule has 2 saturated carbocycles. The summed E-state index contributed by atoms with van der Waals surface area (Å²) >= 11 is 0. The van der Waals surface area contributed by atoms with Gasteiger partial charge in [-0.25, -0.2) is 4.79 Å². The molecule has 8 nitrogen and oxygen atoms in total. The summed E-state index contributed by atoms with van der Waals surface area (Å²) in [5.41, 5.74) is 0.210. The van der Waals surface area contributed by atoms with Gasteiger partial charge in [-0.2, -0.15) is 0 Å². The molecule has 1 spiro atoms. The number of likely N-dealkylation sites (tertiary alicyclic amines) is 2. The first-order valence-corrected chi connectivity index (χ1v) is 13.1. The highest BCUT2D eigenvalue weighted by Crippen LogP contribution is 2.66. The third kappa shape index (κ3) is 2.56. The van der Waals surface area contributed by atoms with Crippen LogP contribution in [0.5, 0.6) is 11.5 Å². The molecule has 182 valence electrons. The number of hydroxylamine groups is 3. The van der Waals surface area contributed by atoms with Gasteiger partial charge < -0.3 is 29.9 Å². The number of amides is 2. The van der Waals surface area contributed by atoms with E-state index in [-0.39, 0.29) is 34.7 Å². The molecule has 0 aromatic heterocycles. The Hall–Kier alpha value is -2.32. The van der Waals surface area contributed by atoms with Gasteiger partial charge in [0.25, 0.3) is 0 Å². The highest BCUT2D eigenvalue weighted by molar-refractivity contribution is 5.91. The Kier molecular flexibility index (Phi) is 4.25. The minimum Gasteiger partial charge on any atom is -0.633 e. The largest absolute Gasteiger partial charge is 0.633 e. The van der Waals surface area contributed by atoms with Crippen molar-refractivity contribution in [2.75, 3.05) is 26.2 Å². The van der Waals surface area contributed by atoms with Gasteiger partial charge in [-0.05, 0) is 50.2 Å². The van der Waals surface area contributed by atoms with Crippen molar-refractivity contribution in [3.8, 4) is 11.5 Å². The molecule has 2 N–H and O–H groups in total. The van der Waals surface area contributed by atoms with Crippen molar-refractivity contribution >= 4 is 11.8 Å². The summed E-state index contributed by atoms with van der Waals surface area (Å²) < 4.78 is 5.96. The molecule has 2 saturated heterocycles. The second kappa shape index (κ2) is 6.88. The van der Waals surface area contributed by atoms with Crippen molar-refractivity contribution in [3.63, 3.8) is 0 Å². The van der Waals surface area contributed by atoms with Crippen LogP contribution >= 0.6 is 0 Å². The fourth-order valence-corrected chi connectivity index (χ4v) is 8.21. The van der Waals surface area contributed by atoms with Crippen molar-refractivity contribution in [1.82, 2.24) is 10.2 Å². The molecule has 3 aliphatic carbocycles. The molecule has 7 rings (SSSR count). The van der Waals surface area contributed by atoms with Gasteiger partial charge in [-0.1, -0.05) is 6.07 Å². The van der Waals surface area contributed by atoms with Crippen molar-refractivity contribution in [3.05, 3.63) is 28.5 Å². The number of nitrogens with one attached hydrogen (secondary N) is 1. The Morgan fingerprint density at radius 3 is 2.79 bits per heavy atom. The Balaban J connectivity index is 1.41. The standard InChI is InChI=1S/C26H33N3O5/c30-18-7-6-17-14-20-26(27-24(32)28-11-2-1-3-12-28)9-8-19(31)23-25(26,21(17)22(18)34-23)10-13-29(20,33)15-16-4-5-16/h6-7,16,20,23,30H,1-5,8-15H2,(H,27,32)/t20-,23?,25+,26?,29?/m1/s1. The molecule has 3 heterocycles. The minimum atomic E-state index is -0.860. The molecule has 1 aromatic rings. The first-order chi connectivity index (χ1) is 16.4. The normalized spacial score (nSPS) is 39.9. The van der Waals surface area contributed by atoms with E-state index in [0.717, 1.165) is 56.3 Å². The van der Waals surface area contributed by atoms with E-state index in [9.17, 15) is 19.9 Å². The summed E-state index contributed by atoms with van der Waals surface area (Å²) in [5.74, 6) is 0.898. The van der Waals surface area contributed by atoms with Crippen LogP contribution < -0.4 is 10.1 Å². The summed E-state index contributed by atoms with van der Waals surface area (Å²) in [6, 6.07) is 3.05. The Bertz CT molecular complexity index is 1080. The zero-order chi connectivity index (χ0) is 23.3. The topological polar surface area (TPSA) is 102 Å². The van der Waals surface area contributed by atoms with Gasteiger partial charge in [0.1, 0.15) is 11.6 Å². The van der Waals surface area contributed by atoms with Crippen LogP contribution in [-0.2, 0) is 16.6 Å². The Morgan fingerprint density at radius 1 is 1.24 bits per heavy atom. The van der Waals surface area contributed by atoms with Crippen LogP contribution in [0.15, 0.2) is 12.1 Å². The highest BCUT2D eigenvalue weighted by Gasteiger charge is 2.77. The number of quaternary nitrogens is 1. The lowest BCUT2D eigenvalue weighted by Gasteiger charge is -2.69.